The number of hydrogen-bond acceptors (Lipinski definition) is 4. The molecule has 124 valence electrons. The summed E-state index contributed by atoms with van der Waals surface area (Å²) >= 11 is 0. The Labute approximate surface area is 146 Å². The highest BCUT2D eigenvalue weighted by Crippen LogP contribution is 2.31. The number of methoxy groups -OCH3 is 1. The molecule has 1 aromatic heterocycles. The lowest BCUT2D eigenvalue weighted by Crippen LogP contribution is -2.14. The summed E-state index contributed by atoms with van der Waals surface area (Å²) in [6.45, 7) is 1.98. The molecule has 0 spiro atoms. The topological polar surface area (TPSA) is 77.2 Å². The first-order chi connectivity index (χ1) is 11.1. The summed E-state index contributed by atoms with van der Waals surface area (Å²) in [5, 5.41) is 4.13. The molecular weight excluding hydrogens is 326 g/mol. The Hall–Kier alpha value is -2.79. The molecule has 0 atom stereocenters. The number of ether oxygens (including phenoxy) is 1. The quantitative estimate of drug-likeness (QED) is 0.755. The van der Waals surface area contributed by atoms with Gasteiger partial charge in [0.1, 0.15) is 5.75 Å². The Morgan fingerprint density at radius 3 is 2.67 bits per heavy atom. The highest BCUT2D eigenvalue weighted by atomic mass is 35.5. The molecular formula is C18H18ClN3O2. The van der Waals surface area contributed by atoms with Crippen molar-refractivity contribution in [2.24, 2.45) is 5.73 Å². The molecule has 0 aliphatic rings. The molecule has 0 aliphatic heterocycles. The van der Waals surface area contributed by atoms with Crippen LogP contribution in [0.4, 0.5) is 11.4 Å². The number of pyridine rings is 1. The van der Waals surface area contributed by atoms with Gasteiger partial charge in [0.15, 0.2) is 0 Å². The minimum absolute atomic E-state index is 0. The van der Waals surface area contributed by atoms with Gasteiger partial charge in [-0.3, -0.25) is 9.78 Å². The molecule has 1 heterocycles. The van der Waals surface area contributed by atoms with E-state index in [-0.39, 0.29) is 12.4 Å². The molecule has 2 aromatic carbocycles. The van der Waals surface area contributed by atoms with Crippen LogP contribution in [0.15, 0.2) is 48.7 Å². The van der Waals surface area contributed by atoms with Crippen molar-refractivity contribution >= 4 is 40.6 Å². The smallest absolute Gasteiger partial charge is 0.252 e. The minimum Gasteiger partial charge on any atom is -0.497 e. The van der Waals surface area contributed by atoms with E-state index in [1.165, 1.54) is 6.20 Å². The summed E-state index contributed by atoms with van der Waals surface area (Å²) in [4.78, 5) is 16.2. The van der Waals surface area contributed by atoms with E-state index in [9.17, 15) is 4.79 Å². The van der Waals surface area contributed by atoms with Gasteiger partial charge in [0.2, 0.25) is 0 Å². The average Bonchev–Trinajstić information content (AvgIpc) is 2.55. The van der Waals surface area contributed by atoms with Gasteiger partial charge < -0.3 is 15.8 Å². The van der Waals surface area contributed by atoms with Crippen molar-refractivity contribution < 1.29 is 9.53 Å². The van der Waals surface area contributed by atoms with E-state index in [4.69, 9.17) is 10.5 Å². The van der Waals surface area contributed by atoms with Crippen LogP contribution < -0.4 is 15.8 Å². The number of amides is 1. The van der Waals surface area contributed by atoms with Gasteiger partial charge in [-0.1, -0.05) is 24.3 Å². The number of fused-ring (bicyclic) bond motifs is 1. The summed E-state index contributed by atoms with van der Waals surface area (Å²) in [5.41, 5.74) is 9.19. The fraction of sp³-hybridized carbons (Fsp3) is 0.111. The molecule has 3 aromatic rings. The fourth-order valence-corrected chi connectivity index (χ4v) is 2.54. The predicted octanol–water partition coefficient (Wildman–Crippen LogP) is 3.82. The SMILES string of the molecule is COc1cccc(Nc2c(C(N)=O)cnc3c(C)cccc23)c1.Cl. The van der Waals surface area contributed by atoms with Gasteiger partial charge in [0.05, 0.1) is 23.9 Å². The summed E-state index contributed by atoms with van der Waals surface area (Å²) in [5.74, 6) is 0.205. The summed E-state index contributed by atoms with van der Waals surface area (Å²) in [6.07, 6.45) is 1.51. The number of hydrogen-bond donors (Lipinski definition) is 2. The molecule has 0 radical (unpaired) electrons. The highest BCUT2D eigenvalue weighted by molar-refractivity contribution is 6.07. The molecule has 3 rings (SSSR count). The number of primary amides is 1. The van der Waals surface area contributed by atoms with Gasteiger partial charge in [-0.2, -0.15) is 0 Å². The van der Waals surface area contributed by atoms with Crippen LogP contribution in [0.25, 0.3) is 10.9 Å². The third-order valence-electron chi connectivity index (χ3n) is 3.70. The van der Waals surface area contributed by atoms with Crippen molar-refractivity contribution in [2.45, 2.75) is 6.92 Å². The number of nitrogens with zero attached hydrogens (tertiary/aromatic N) is 1. The Kier molecular flexibility index (Phi) is 5.26. The van der Waals surface area contributed by atoms with Crippen LogP contribution in [0.2, 0.25) is 0 Å². The van der Waals surface area contributed by atoms with Crippen LogP contribution in [0.5, 0.6) is 5.75 Å². The fourth-order valence-electron chi connectivity index (χ4n) is 2.54. The summed E-state index contributed by atoms with van der Waals surface area (Å²) in [7, 11) is 1.61. The number of benzene rings is 2. The van der Waals surface area contributed by atoms with Crippen LogP contribution in [-0.4, -0.2) is 18.0 Å². The zero-order chi connectivity index (χ0) is 16.4. The largest absolute Gasteiger partial charge is 0.497 e. The molecule has 1 amide bonds. The standard InChI is InChI=1S/C18H17N3O2.ClH/c1-11-5-3-8-14-16(11)20-10-15(18(19)22)17(14)21-12-6-4-7-13(9-12)23-2;/h3-10H,1-2H3,(H2,19,22)(H,20,21);1H. The lowest BCUT2D eigenvalue weighted by Gasteiger charge is -2.14. The Balaban J connectivity index is 0.00000208. The van der Waals surface area contributed by atoms with Crippen molar-refractivity contribution in [3.05, 3.63) is 59.8 Å². The molecule has 0 bridgehead atoms. The number of halogens is 1. The lowest BCUT2D eigenvalue weighted by molar-refractivity contribution is 0.100. The Morgan fingerprint density at radius 1 is 1.21 bits per heavy atom. The van der Waals surface area contributed by atoms with Gasteiger partial charge in [-0.25, -0.2) is 0 Å². The number of para-hydroxylation sites is 1. The van der Waals surface area contributed by atoms with E-state index >= 15 is 0 Å². The number of aryl methyl sites for hydroxylation is 1. The zero-order valence-electron chi connectivity index (χ0n) is 13.4. The molecule has 3 N–H and O–H groups in total. The average molecular weight is 344 g/mol. The van der Waals surface area contributed by atoms with E-state index in [1.54, 1.807) is 7.11 Å². The van der Waals surface area contributed by atoms with Crippen molar-refractivity contribution in [1.29, 1.82) is 0 Å². The van der Waals surface area contributed by atoms with E-state index in [0.29, 0.717) is 11.3 Å². The maximum absolute atomic E-state index is 11.8. The van der Waals surface area contributed by atoms with Gasteiger partial charge in [0, 0.05) is 23.3 Å². The molecule has 5 nitrogen and oxygen atoms in total. The molecule has 0 saturated heterocycles. The number of nitrogens with two attached hydrogens (primary N) is 1. The van der Waals surface area contributed by atoms with Gasteiger partial charge >= 0.3 is 0 Å². The summed E-state index contributed by atoms with van der Waals surface area (Å²) < 4.78 is 5.23. The first-order valence-corrected chi connectivity index (χ1v) is 7.19. The van der Waals surface area contributed by atoms with Crippen molar-refractivity contribution in [3.8, 4) is 5.75 Å². The molecule has 24 heavy (non-hydrogen) atoms. The predicted molar refractivity (Wildman–Crippen MR) is 98.5 cm³/mol. The van der Waals surface area contributed by atoms with Crippen molar-refractivity contribution in [1.82, 2.24) is 4.98 Å². The number of anilines is 2. The molecule has 0 unspecified atom stereocenters. The first-order valence-electron chi connectivity index (χ1n) is 7.19. The summed E-state index contributed by atoms with van der Waals surface area (Å²) in [6, 6.07) is 13.3. The number of carbonyl (C=O) groups excluding carboxylic acids is 1. The highest BCUT2D eigenvalue weighted by Gasteiger charge is 2.14. The van der Waals surface area contributed by atoms with E-state index in [0.717, 1.165) is 27.9 Å². The van der Waals surface area contributed by atoms with Gasteiger partial charge in [-0.05, 0) is 24.6 Å². The van der Waals surface area contributed by atoms with Crippen LogP contribution in [0.1, 0.15) is 15.9 Å². The molecule has 6 heteroatoms. The maximum Gasteiger partial charge on any atom is 0.252 e. The lowest BCUT2D eigenvalue weighted by atomic mass is 10.1. The van der Waals surface area contributed by atoms with Gasteiger partial charge in [-0.15, -0.1) is 12.4 Å². The van der Waals surface area contributed by atoms with Crippen molar-refractivity contribution in [2.75, 3.05) is 12.4 Å². The third-order valence-corrected chi connectivity index (χ3v) is 3.70. The third kappa shape index (κ3) is 3.26. The van der Waals surface area contributed by atoms with E-state index < -0.39 is 5.91 Å². The normalized spacial score (nSPS) is 10.1. The van der Waals surface area contributed by atoms with Crippen LogP contribution in [-0.2, 0) is 0 Å². The number of carbonyl (C=O) groups is 1. The zero-order valence-corrected chi connectivity index (χ0v) is 14.2. The molecule has 0 aliphatic carbocycles. The second-order valence-electron chi connectivity index (χ2n) is 5.24. The first kappa shape index (κ1) is 17.6. The maximum atomic E-state index is 11.8. The number of rotatable bonds is 4. The minimum atomic E-state index is -0.522. The Morgan fingerprint density at radius 2 is 1.96 bits per heavy atom. The van der Waals surface area contributed by atoms with Crippen molar-refractivity contribution in [3.63, 3.8) is 0 Å². The Bertz CT molecular complexity index is 897. The van der Waals surface area contributed by atoms with E-state index in [2.05, 4.69) is 10.3 Å². The van der Waals surface area contributed by atoms with E-state index in [1.807, 2.05) is 49.4 Å². The second-order valence-corrected chi connectivity index (χ2v) is 5.24. The second kappa shape index (κ2) is 7.19. The van der Waals surface area contributed by atoms with Crippen LogP contribution >= 0.6 is 12.4 Å². The van der Waals surface area contributed by atoms with Crippen LogP contribution in [0.3, 0.4) is 0 Å². The molecule has 0 fully saturated rings. The van der Waals surface area contributed by atoms with Gasteiger partial charge in [0.25, 0.3) is 5.91 Å². The number of nitrogens with one attached hydrogen (secondary N) is 1. The monoisotopic (exact) mass is 343 g/mol. The number of aromatic nitrogens is 1. The van der Waals surface area contributed by atoms with Crippen LogP contribution in [0, 0.1) is 6.92 Å². The molecule has 0 saturated carbocycles.